The molecule has 0 unspecified atom stereocenters. The first kappa shape index (κ1) is 24.2. The molecule has 1 aliphatic rings. The van der Waals surface area contributed by atoms with Gasteiger partial charge in [0.05, 0.1) is 24.6 Å². The SMILES string of the molecule is C.C=C(C)N/C(=C\C)c1cc2nc(-n3ccc(-c4cccc(C)c4)n3)nc(N3CCOCC3)c2o1. The van der Waals surface area contributed by atoms with Crippen molar-refractivity contribution in [3.05, 3.63) is 72.3 Å². The van der Waals surface area contributed by atoms with Crippen molar-refractivity contribution in [1.82, 2.24) is 25.1 Å². The molecule has 1 aliphatic heterocycles. The first-order valence-electron chi connectivity index (χ1n) is 11.4. The van der Waals surface area contributed by atoms with Gasteiger partial charge in [0.25, 0.3) is 5.95 Å². The zero-order valence-corrected chi connectivity index (χ0v) is 19.7. The largest absolute Gasteiger partial charge is 0.449 e. The highest BCUT2D eigenvalue weighted by Gasteiger charge is 2.22. The number of anilines is 1. The second-order valence-corrected chi connectivity index (χ2v) is 8.39. The van der Waals surface area contributed by atoms with Crippen molar-refractivity contribution >= 4 is 22.6 Å². The summed E-state index contributed by atoms with van der Waals surface area (Å²) in [5, 5.41) is 8.02. The van der Waals surface area contributed by atoms with Crippen LogP contribution < -0.4 is 10.2 Å². The molecule has 0 spiro atoms. The Morgan fingerprint density at radius 3 is 2.66 bits per heavy atom. The van der Waals surface area contributed by atoms with Crippen LogP contribution in [0.15, 0.2) is 65.4 Å². The molecule has 0 atom stereocenters. The molecule has 0 radical (unpaired) electrons. The van der Waals surface area contributed by atoms with Gasteiger partial charge < -0.3 is 19.4 Å². The number of ether oxygens (including phenoxy) is 1. The Morgan fingerprint density at radius 2 is 1.94 bits per heavy atom. The van der Waals surface area contributed by atoms with Gasteiger partial charge in [-0.25, -0.2) is 9.67 Å². The molecule has 3 aromatic heterocycles. The Hall–Kier alpha value is -3.91. The van der Waals surface area contributed by atoms with Crippen LogP contribution in [0, 0.1) is 6.92 Å². The Morgan fingerprint density at radius 1 is 1.14 bits per heavy atom. The first-order valence-corrected chi connectivity index (χ1v) is 11.4. The zero-order chi connectivity index (χ0) is 23.7. The summed E-state index contributed by atoms with van der Waals surface area (Å²) in [4.78, 5) is 11.9. The van der Waals surface area contributed by atoms with E-state index in [4.69, 9.17) is 24.2 Å². The number of aryl methyl sites for hydroxylation is 1. The van der Waals surface area contributed by atoms with Gasteiger partial charge in [-0.05, 0) is 32.9 Å². The van der Waals surface area contributed by atoms with Gasteiger partial charge in [0, 0.05) is 36.6 Å². The van der Waals surface area contributed by atoms with Gasteiger partial charge in [-0.2, -0.15) is 10.1 Å². The molecule has 1 fully saturated rings. The van der Waals surface area contributed by atoms with Crippen molar-refractivity contribution in [1.29, 1.82) is 0 Å². The number of fused-ring (bicyclic) bond motifs is 1. The molecule has 4 heterocycles. The Bertz CT molecular complexity index is 1380. The van der Waals surface area contributed by atoms with Crippen LogP contribution in [0.25, 0.3) is 34.0 Å². The van der Waals surface area contributed by atoms with Crippen LogP contribution in [0.5, 0.6) is 0 Å². The number of nitrogens with one attached hydrogen (secondary N) is 1. The van der Waals surface area contributed by atoms with Crippen LogP contribution in [0.3, 0.4) is 0 Å². The van der Waals surface area contributed by atoms with Gasteiger partial charge in [-0.1, -0.05) is 43.8 Å². The van der Waals surface area contributed by atoms with Crippen molar-refractivity contribution in [2.24, 2.45) is 0 Å². The molecule has 0 bridgehead atoms. The third kappa shape index (κ3) is 4.97. The van der Waals surface area contributed by atoms with E-state index in [1.807, 2.05) is 44.3 Å². The highest BCUT2D eigenvalue weighted by Crippen LogP contribution is 2.31. The molecule has 1 saturated heterocycles. The summed E-state index contributed by atoms with van der Waals surface area (Å²) in [5.41, 5.74) is 6.15. The maximum Gasteiger partial charge on any atom is 0.253 e. The normalized spacial score (nSPS) is 14.1. The summed E-state index contributed by atoms with van der Waals surface area (Å²) in [7, 11) is 0. The molecule has 0 aliphatic carbocycles. The third-order valence-corrected chi connectivity index (χ3v) is 5.66. The molecule has 1 aromatic carbocycles. The second kappa shape index (κ2) is 10.1. The van der Waals surface area contributed by atoms with E-state index >= 15 is 0 Å². The highest BCUT2D eigenvalue weighted by atomic mass is 16.5. The van der Waals surface area contributed by atoms with E-state index < -0.39 is 0 Å². The lowest BCUT2D eigenvalue weighted by atomic mass is 10.1. The van der Waals surface area contributed by atoms with Crippen LogP contribution in [0.1, 0.15) is 32.6 Å². The quantitative estimate of drug-likeness (QED) is 0.406. The average molecular weight is 473 g/mol. The van der Waals surface area contributed by atoms with Crippen molar-refractivity contribution in [2.45, 2.75) is 28.2 Å². The molecule has 4 aromatic rings. The third-order valence-electron chi connectivity index (χ3n) is 5.66. The molecule has 0 amide bonds. The van der Waals surface area contributed by atoms with Gasteiger partial charge in [-0.3, -0.25) is 0 Å². The molecule has 182 valence electrons. The van der Waals surface area contributed by atoms with Crippen LogP contribution in [0.2, 0.25) is 0 Å². The number of rotatable bonds is 6. The molecule has 8 nitrogen and oxygen atoms in total. The maximum absolute atomic E-state index is 6.28. The van der Waals surface area contributed by atoms with Crippen LogP contribution >= 0.6 is 0 Å². The van der Waals surface area contributed by atoms with E-state index in [1.54, 1.807) is 4.68 Å². The zero-order valence-electron chi connectivity index (χ0n) is 19.7. The van der Waals surface area contributed by atoms with Gasteiger partial charge in [0.15, 0.2) is 17.2 Å². The van der Waals surface area contributed by atoms with Crippen molar-refractivity contribution in [3.8, 4) is 17.2 Å². The molecular formula is C27H32N6O2. The molecular weight excluding hydrogens is 440 g/mol. The molecule has 8 heteroatoms. The lowest BCUT2D eigenvalue weighted by Crippen LogP contribution is -2.37. The summed E-state index contributed by atoms with van der Waals surface area (Å²) in [6, 6.07) is 12.2. The van der Waals surface area contributed by atoms with Crippen molar-refractivity contribution in [3.63, 3.8) is 0 Å². The van der Waals surface area contributed by atoms with Gasteiger partial charge in [-0.15, -0.1) is 0 Å². The average Bonchev–Trinajstić information content (AvgIpc) is 3.50. The number of hydrogen-bond acceptors (Lipinski definition) is 7. The van der Waals surface area contributed by atoms with Crippen LogP contribution in [0.4, 0.5) is 5.82 Å². The van der Waals surface area contributed by atoms with Crippen LogP contribution in [-0.2, 0) is 4.74 Å². The number of morpholine rings is 1. The van der Waals surface area contributed by atoms with E-state index in [1.165, 1.54) is 5.56 Å². The van der Waals surface area contributed by atoms with E-state index in [9.17, 15) is 0 Å². The summed E-state index contributed by atoms with van der Waals surface area (Å²) >= 11 is 0. The summed E-state index contributed by atoms with van der Waals surface area (Å²) in [5.74, 6) is 1.92. The monoisotopic (exact) mass is 472 g/mol. The van der Waals surface area contributed by atoms with Crippen molar-refractivity contribution < 1.29 is 9.15 Å². The molecule has 35 heavy (non-hydrogen) atoms. The number of nitrogens with zero attached hydrogens (tertiary/aromatic N) is 5. The fourth-order valence-corrected chi connectivity index (χ4v) is 4.03. The Balaban J connectivity index is 0.00000289. The second-order valence-electron chi connectivity index (χ2n) is 8.39. The van der Waals surface area contributed by atoms with E-state index in [0.29, 0.717) is 30.5 Å². The summed E-state index contributed by atoms with van der Waals surface area (Å²) in [6.45, 7) is 12.6. The minimum absolute atomic E-state index is 0. The minimum atomic E-state index is 0. The Labute approximate surface area is 205 Å². The van der Waals surface area contributed by atoms with Gasteiger partial charge >= 0.3 is 0 Å². The Kier molecular flexibility index (Phi) is 7.02. The highest BCUT2D eigenvalue weighted by molar-refractivity contribution is 5.87. The molecule has 1 N–H and O–H groups in total. The predicted molar refractivity (Wildman–Crippen MR) is 140 cm³/mol. The lowest BCUT2D eigenvalue weighted by molar-refractivity contribution is 0.122. The fraction of sp³-hybridized carbons (Fsp3) is 0.296. The van der Waals surface area contributed by atoms with E-state index in [-0.39, 0.29) is 7.43 Å². The number of hydrogen-bond donors (Lipinski definition) is 1. The molecule has 5 rings (SSSR count). The minimum Gasteiger partial charge on any atom is -0.449 e. The summed E-state index contributed by atoms with van der Waals surface area (Å²) < 4.78 is 13.5. The summed E-state index contributed by atoms with van der Waals surface area (Å²) in [6.07, 6.45) is 3.85. The van der Waals surface area contributed by atoms with E-state index in [0.717, 1.165) is 47.1 Å². The number of benzene rings is 1. The van der Waals surface area contributed by atoms with E-state index in [2.05, 4.69) is 41.9 Å². The van der Waals surface area contributed by atoms with Crippen LogP contribution in [-0.4, -0.2) is 46.1 Å². The fourth-order valence-electron chi connectivity index (χ4n) is 4.03. The first-order chi connectivity index (χ1) is 16.5. The number of allylic oxidation sites excluding steroid dienone is 2. The van der Waals surface area contributed by atoms with Crippen molar-refractivity contribution in [2.75, 3.05) is 31.2 Å². The molecule has 0 saturated carbocycles. The maximum atomic E-state index is 6.28. The predicted octanol–water partition coefficient (Wildman–Crippen LogP) is 5.34. The van der Waals surface area contributed by atoms with Gasteiger partial charge in [0.2, 0.25) is 0 Å². The standard InChI is InChI=1S/C26H28N6O2.CH4/c1-5-20(27-17(2)3)23-16-22-24(34-23)25(31-11-13-33-14-12-31)29-26(28-22)32-10-9-21(30-32)19-8-6-7-18(4)15-19;/h5-10,15-16,27H,2,11-14H2,1,3-4H3;1H4/b20-5-;. The smallest absolute Gasteiger partial charge is 0.253 e. The lowest BCUT2D eigenvalue weighted by Gasteiger charge is -2.27. The number of aromatic nitrogens is 4. The van der Waals surface area contributed by atoms with Gasteiger partial charge in [0.1, 0.15) is 5.52 Å². The topological polar surface area (TPSA) is 81.2 Å². The number of furan rings is 1.